The summed E-state index contributed by atoms with van der Waals surface area (Å²) in [5.74, 6) is 0.493. The van der Waals surface area contributed by atoms with Crippen molar-refractivity contribution in [1.82, 2.24) is 4.90 Å². The van der Waals surface area contributed by atoms with Crippen molar-refractivity contribution in [3.8, 4) is 5.75 Å². The van der Waals surface area contributed by atoms with Crippen LogP contribution in [0.5, 0.6) is 5.75 Å². The average molecular weight is 463 g/mol. The van der Waals surface area contributed by atoms with Gasteiger partial charge in [0.2, 0.25) is 0 Å². The number of halogens is 1. The van der Waals surface area contributed by atoms with Crippen LogP contribution in [0.4, 0.5) is 10.1 Å². The first kappa shape index (κ1) is 21.5. The summed E-state index contributed by atoms with van der Waals surface area (Å²) in [6.45, 7) is 2.66. The zero-order valence-electron chi connectivity index (χ0n) is 18.4. The van der Waals surface area contributed by atoms with Gasteiger partial charge in [0, 0.05) is 23.4 Å². The van der Waals surface area contributed by atoms with Crippen LogP contribution in [0.1, 0.15) is 27.0 Å². The number of hydrogen-bond acceptors (Lipinski definition) is 4. The molecule has 3 aromatic rings. The van der Waals surface area contributed by atoms with Crippen molar-refractivity contribution in [1.29, 1.82) is 0 Å². The fourth-order valence-electron chi connectivity index (χ4n) is 4.62. The number of carbonyl (C=O) groups excluding carboxylic acids is 2. The van der Waals surface area contributed by atoms with Gasteiger partial charge in [-0.25, -0.2) is 4.39 Å². The number of aryl methyl sites for hydroxylation is 1. The second kappa shape index (κ2) is 8.23. The Labute approximate surface area is 196 Å². The van der Waals surface area contributed by atoms with Crippen LogP contribution in [0.2, 0.25) is 0 Å². The maximum atomic E-state index is 14.0. The van der Waals surface area contributed by atoms with E-state index in [2.05, 4.69) is 0 Å². The van der Waals surface area contributed by atoms with E-state index in [4.69, 9.17) is 4.74 Å². The van der Waals surface area contributed by atoms with Gasteiger partial charge in [0.1, 0.15) is 11.6 Å². The fourth-order valence-corrected chi connectivity index (χ4v) is 6.07. The third kappa shape index (κ3) is 3.47. The van der Waals surface area contributed by atoms with Crippen LogP contribution in [0.15, 0.2) is 66.7 Å². The number of methoxy groups -OCH3 is 1. The van der Waals surface area contributed by atoms with Gasteiger partial charge < -0.3 is 14.5 Å². The molecule has 0 radical (unpaired) electrons. The second-order valence-electron chi connectivity index (χ2n) is 8.22. The molecule has 2 amide bonds. The molecule has 5 rings (SSSR count). The SMILES string of the molecule is COc1cccc(C(=O)N2CCS[C@@]23C(=O)N(Cc2cccc(F)c2)c2ccc(C)cc23)c1. The lowest BCUT2D eigenvalue weighted by Gasteiger charge is -2.33. The van der Waals surface area contributed by atoms with Crippen molar-refractivity contribution < 1.29 is 18.7 Å². The summed E-state index contributed by atoms with van der Waals surface area (Å²) >= 11 is 1.48. The molecule has 5 nitrogen and oxygen atoms in total. The van der Waals surface area contributed by atoms with Crippen molar-refractivity contribution in [3.05, 3.63) is 94.8 Å². The normalized spacial score (nSPS) is 19.3. The Balaban J connectivity index is 1.59. The van der Waals surface area contributed by atoms with Gasteiger partial charge in [0.25, 0.3) is 11.8 Å². The third-order valence-corrected chi connectivity index (χ3v) is 7.56. The lowest BCUT2D eigenvalue weighted by atomic mass is 10.0. The molecule has 33 heavy (non-hydrogen) atoms. The van der Waals surface area contributed by atoms with E-state index in [-0.39, 0.29) is 24.2 Å². The Hall–Kier alpha value is -3.32. The van der Waals surface area contributed by atoms with Crippen LogP contribution >= 0.6 is 11.8 Å². The predicted octanol–water partition coefficient (Wildman–Crippen LogP) is 4.73. The fraction of sp³-hybridized carbons (Fsp3) is 0.231. The Morgan fingerprint density at radius 3 is 2.73 bits per heavy atom. The molecule has 0 N–H and O–H groups in total. The van der Waals surface area contributed by atoms with Crippen LogP contribution in [0.3, 0.4) is 0 Å². The number of amides is 2. The molecule has 168 valence electrons. The lowest BCUT2D eigenvalue weighted by molar-refractivity contribution is -0.123. The van der Waals surface area contributed by atoms with Gasteiger partial charge in [-0.05, 0) is 48.9 Å². The molecule has 7 heteroatoms. The lowest BCUT2D eigenvalue weighted by Crippen LogP contribution is -2.50. The summed E-state index contributed by atoms with van der Waals surface area (Å²) in [5.41, 5.74) is 3.74. The van der Waals surface area contributed by atoms with E-state index in [9.17, 15) is 14.0 Å². The number of benzene rings is 3. The monoisotopic (exact) mass is 462 g/mol. The van der Waals surface area contributed by atoms with E-state index in [0.29, 0.717) is 29.2 Å². The number of thioether (sulfide) groups is 1. The van der Waals surface area contributed by atoms with Gasteiger partial charge in [-0.3, -0.25) is 9.59 Å². The molecule has 0 unspecified atom stereocenters. The minimum Gasteiger partial charge on any atom is -0.497 e. The number of hydrogen-bond donors (Lipinski definition) is 0. The number of ether oxygens (including phenoxy) is 1. The summed E-state index contributed by atoms with van der Waals surface area (Å²) in [7, 11) is 1.56. The summed E-state index contributed by atoms with van der Waals surface area (Å²) in [5, 5.41) is 0. The van der Waals surface area contributed by atoms with Crippen molar-refractivity contribution >= 4 is 29.3 Å². The van der Waals surface area contributed by atoms with Gasteiger partial charge in [-0.15, -0.1) is 11.8 Å². The van der Waals surface area contributed by atoms with Gasteiger partial charge in [-0.1, -0.05) is 35.9 Å². The Bertz CT molecular complexity index is 1260. The molecular formula is C26H23FN2O3S. The summed E-state index contributed by atoms with van der Waals surface area (Å²) < 4.78 is 19.1. The predicted molar refractivity (Wildman–Crippen MR) is 127 cm³/mol. The zero-order valence-corrected chi connectivity index (χ0v) is 19.2. The Morgan fingerprint density at radius 2 is 1.94 bits per heavy atom. The highest BCUT2D eigenvalue weighted by molar-refractivity contribution is 8.01. The number of nitrogens with zero attached hydrogens (tertiary/aromatic N) is 2. The topological polar surface area (TPSA) is 49.9 Å². The molecule has 0 saturated carbocycles. The van der Waals surface area contributed by atoms with Crippen LogP contribution < -0.4 is 9.64 Å². The van der Waals surface area contributed by atoms with Crippen LogP contribution in [-0.4, -0.2) is 36.1 Å². The molecular weight excluding hydrogens is 439 g/mol. The van der Waals surface area contributed by atoms with E-state index in [1.807, 2.05) is 25.1 Å². The third-order valence-electron chi connectivity index (χ3n) is 6.14. The molecule has 0 aromatic heterocycles. The second-order valence-corrected chi connectivity index (χ2v) is 9.51. The van der Waals surface area contributed by atoms with Crippen molar-refractivity contribution in [2.45, 2.75) is 18.3 Å². The molecule has 3 aromatic carbocycles. The summed E-state index contributed by atoms with van der Waals surface area (Å²) in [4.78, 5) is 29.9. The van der Waals surface area contributed by atoms with Gasteiger partial charge in [0.05, 0.1) is 19.3 Å². The largest absolute Gasteiger partial charge is 0.497 e. The van der Waals surface area contributed by atoms with E-state index in [0.717, 1.165) is 16.8 Å². The van der Waals surface area contributed by atoms with Gasteiger partial charge in [0.15, 0.2) is 4.87 Å². The van der Waals surface area contributed by atoms with Crippen molar-refractivity contribution in [2.24, 2.45) is 0 Å². The van der Waals surface area contributed by atoms with E-state index >= 15 is 0 Å². The van der Waals surface area contributed by atoms with Crippen molar-refractivity contribution in [3.63, 3.8) is 0 Å². The molecule has 1 atom stereocenters. The Morgan fingerprint density at radius 1 is 1.12 bits per heavy atom. The quantitative estimate of drug-likeness (QED) is 0.563. The smallest absolute Gasteiger partial charge is 0.268 e. The van der Waals surface area contributed by atoms with Gasteiger partial charge >= 0.3 is 0 Å². The molecule has 2 heterocycles. The van der Waals surface area contributed by atoms with Crippen LogP contribution in [0.25, 0.3) is 0 Å². The molecule has 1 fully saturated rings. The molecule has 2 aliphatic rings. The zero-order chi connectivity index (χ0) is 23.2. The highest BCUT2D eigenvalue weighted by atomic mass is 32.2. The number of anilines is 1. The highest BCUT2D eigenvalue weighted by Gasteiger charge is 2.59. The van der Waals surface area contributed by atoms with Gasteiger partial charge in [-0.2, -0.15) is 0 Å². The van der Waals surface area contributed by atoms with Crippen molar-refractivity contribution in [2.75, 3.05) is 24.3 Å². The van der Waals surface area contributed by atoms with E-state index in [1.54, 1.807) is 53.3 Å². The highest BCUT2D eigenvalue weighted by Crippen LogP contribution is 2.55. The number of carbonyl (C=O) groups is 2. The van der Waals surface area contributed by atoms with E-state index in [1.165, 1.54) is 23.9 Å². The first-order chi connectivity index (χ1) is 15.9. The number of rotatable bonds is 4. The molecule has 0 aliphatic carbocycles. The molecule has 2 aliphatic heterocycles. The first-order valence-electron chi connectivity index (χ1n) is 10.7. The average Bonchev–Trinajstić information content (AvgIpc) is 3.36. The summed E-state index contributed by atoms with van der Waals surface area (Å²) in [6, 6.07) is 19.1. The standard InChI is InChI=1S/C26H23FN2O3S/c1-17-9-10-23-22(13-17)26(25(31)28(23)16-18-5-3-7-20(27)14-18)29(11-12-33-26)24(30)19-6-4-8-21(15-19)32-2/h3-10,13-15H,11-12,16H2,1-2H3/t26-/m0/s1. The maximum Gasteiger partial charge on any atom is 0.268 e. The molecule has 1 spiro atoms. The van der Waals surface area contributed by atoms with Crippen LogP contribution in [0, 0.1) is 12.7 Å². The Kier molecular flexibility index (Phi) is 5.37. The van der Waals surface area contributed by atoms with E-state index < -0.39 is 4.87 Å². The van der Waals surface area contributed by atoms with Crippen LogP contribution in [-0.2, 0) is 16.2 Å². The maximum absolute atomic E-state index is 14.0. The first-order valence-corrected chi connectivity index (χ1v) is 11.7. The molecule has 0 bridgehead atoms. The summed E-state index contributed by atoms with van der Waals surface area (Å²) in [6.07, 6.45) is 0. The number of fused-ring (bicyclic) bond motifs is 2. The minimum absolute atomic E-state index is 0.175. The minimum atomic E-state index is -1.14. The molecule has 1 saturated heterocycles.